The van der Waals surface area contributed by atoms with Crippen molar-refractivity contribution in [3.63, 3.8) is 0 Å². The Bertz CT molecular complexity index is 1110. The molecule has 0 aliphatic carbocycles. The first-order chi connectivity index (χ1) is 15.3. The standard InChI is InChI=1S/C24H22BrN5O/c25-20-11-9-18(10-12-20)22(24-28-27-23(31-24)19-6-2-1-3-7-19)30-16-14-29(15-17-30)21-8-4-5-13-26-21/h1-13,22H,14-17H2/t22-/m0/s1. The van der Waals surface area contributed by atoms with Gasteiger partial charge in [-0.05, 0) is 42.0 Å². The Morgan fingerprint density at radius 3 is 2.26 bits per heavy atom. The fraction of sp³-hybridized carbons (Fsp3) is 0.208. The van der Waals surface area contributed by atoms with Crippen LogP contribution < -0.4 is 4.90 Å². The van der Waals surface area contributed by atoms with Gasteiger partial charge in [-0.1, -0.05) is 52.3 Å². The molecule has 156 valence electrons. The molecule has 1 aliphatic heterocycles. The molecule has 5 rings (SSSR count). The SMILES string of the molecule is Brc1ccc([C@@H](c2nnc(-c3ccccc3)o2)N2CCN(c3ccccn3)CC2)cc1. The number of nitrogens with zero attached hydrogens (tertiary/aromatic N) is 5. The minimum Gasteiger partial charge on any atom is -0.419 e. The van der Waals surface area contributed by atoms with E-state index in [1.165, 1.54) is 0 Å². The lowest BCUT2D eigenvalue weighted by Crippen LogP contribution is -2.48. The lowest BCUT2D eigenvalue weighted by molar-refractivity contribution is 0.187. The largest absolute Gasteiger partial charge is 0.419 e. The number of rotatable bonds is 5. The van der Waals surface area contributed by atoms with Crippen molar-refractivity contribution in [3.8, 4) is 11.5 Å². The first kappa shape index (κ1) is 19.9. The molecular formula is C24H22BrN5O. The maximum Gasteiger partial charge on any atom is 0.247 e. The molecule has 0 saturated carbocycles. The maximum atomic E-state index is 6.18. The highest BCUT2D eigenvalue weighted by Gasteiger charge is 2.31. The second kappa shape index (κ2) is 8.99. The topological polar surface area (TPSA) is 58.3 Å². The number of aromatic nitrogens is 3. The second-order valence-electron chi connectivity index (χ2n) is 7.48. The van der Waals surface area contributed by atoms with E-state index in [2.05, 4.69) is 71.2 Å². The Morgan fingerprint density at radius 1 is 0.806 bits per heavy atom. The molecule has 6 nitrogen and oxygen atoms in total. The first-order valence-electron chi connectivity index (χ1n) is 10.3. The first-order valence-corrected chi connectivity index (χ1v) is 11.1. The lowest BCUT2D eigenvalue weighted by Gasteiger charge is -2.38. The summed E-state index contributed by atoms with van der Waals surface area (Å²) in [4.78, 5) is 9.22. The number of hydrogen-bond donors (Lipinski definition) is 0. The van der Waals surface area contributed by atoms with Gasteiger partial charge in [0.25, 0.3) is 0 Å². The van der Waals surface area contributed by atoms with Gasteiger partial charge < -0.3 is 9.32 Å². The summed E-state index contributed by atoms with van der Waals surface area (Å²) < 4.78 is 7.23. The lowest BCUT2D eigenvalue weighted by atomic mass is 10.0. The van der Waals surface area contributed by atoms with E-state index in [-0.39, 0.29) is 6.04 Å². The summed E-state index contributed by atoms with van der Waals surface area (Å²) in [5.74, 6) is 2.18. The molecule has 0 unspecified atom stereocenters. The molecule has 0 bridgehead atoms. The smallest absolute Gasteiger partial charge is 0.247 e. The fourth-order valence-corrected chi connectivity index (χ4v) is 4.21. The summed E-state index contributed by atoms with van der Waals surface area (Å²) in [6, 6.07) is 24.2. The van der Waals surface area contributed by atoms with Crippen LogP contribution in [0, 0.1) is 0 Å². The molecule has 1 aliphatic rings. The van der Waals surface area contributed by atoms with Crippen LogP contribution in [0.5, 0.6) is 0 Å². The molecule has 3 heterocycles. The minimum atomic E-state index is -0.0936. The molecule has 7 heteroatoms. The van der Waals surface area contributed by atoms with Gasteiger partial charge in [0.15, 0.2) is 0 Å². The van der Waals surface area contributed by atoms with E-state index in [1.54, 1.807) is 0 Å². The van der Waals surface area contributed by atoms with Crippen LogP contribution in [-0.2, 0) is 0 Å². The Morgan fingerprint density at radius 2 is 1.55 bits per heavy atom. The average Bonchev–Trinajstić information content (AvgIpc) is 3.32. The molecular weight excluding hydrogens is 454 g/mol. The molecule has 1 atom stereocenters. The fourth-order valence-electron chi connectivity index (χ4n) is 3.95. The summed E-state index contributed by atoms with van der Waals surface area (Å²) in [6.45, 7) is 3.54. The van der Waals surface area contributed by atoms with Crippen molar-refractivity contribution in [1.82, 2.24) is 20.1 Å². The second-order valence-corrected chi connectivity index (χ2v) is 8.39. The summed E-state index contributed by atoms with van der Waals surface area (Å²) >= 11 is 3.54. The molecule has 0 amide bonds. The van der Waals surface area contributed by atoms with Crippen LogP contribution in [0.3, 0.4) is 0 Å². The molecule has 4 aromatic rings. The van der Waals surface area contributed by atoms with E-state index in [1.807, 2.05) is 48.7 Å². The van der Waals surface area contributed by atoms with Crippen molar-refractivity contribution < 1.29 is 4.42 Å². The van der Waals surface area contributed by atoms with E-state index >= 15 is 0 Å². The molecule has 0 spiro atoms. The van der Waals surface area contributed by atoms with Gasteiger partial charge in [-0.3, -0.25) is 4.90 Å². The average molecular weight is 476 g/mol. The van der Waals surface area contributed by atoms with Crippen molar-refractivity contribution in [2.45, 2.75) is 6.04 Å². The van der Waals surface area contributed by atoms with Crippen LogP contribution in [0.25, 0.3) is 11.5 Å². The van der Waals surface area contributed by atoms with Gasteiger partial charge in [0.2, 0.25) is 11.8 Å². The number of benzene rings is 2. The molecule has 1 saturated heterocycles. The van der Waals surface area contributed by atoms with Crippen molar-refractivity contribution >= 4 is 21.7 Å². The number of anilines is 1. The number of pyridine rings is 1. The van der Waals surface area contributed by atoms with Gasteiger partial charge in [-0.2, -0.15) is 0 Å². The quantitative estimate of drug-likeness (QED) is 0.412. The zero-order chi connectivity index (χ0) is 21.0. The van der Waals surface area contributed by atoms with Gasteiger partial charge in [0, 0.05) is 42.4 Å². The Kier molecular flexibility index (Phi) is 5.78. The Labute approximate surface area is 189 Å². The van der Waals surface area contributed by atoms with E-state index in [9.17, 15) is 0 Å². The molecule has 1 fully saturated rings. The van der Waals surface area contributed by atoms with Gasteiger partial charge in [-0.25, -0.2) is 4.98 Å². The zero-order valence-corrected chi connectivity index (χ0v) is 18.5. The maximum absolute atomic E-state index is 6.18. The summed E-state index contributed by atoms with van der Waals surface area (Å²) in [5, 5.41) is 8.78. The van der Waals surface area contributed by atoms with Crippen LogP contribution >= 0.6 is 15.9 Å². The van der Waals surface area contributed by atoms with E-state index in [4.69, 9.17) is 4.42 Å². The third-order valence-electron chi connectivity index (χ3n) is 5.53. The normalized spacial score (nSPS) is 15.7. The van der Waals surface area contributed by atoms with Crippen LogP contribution in [0.15, 0.2) is 87.9 Å². The number of hydrogen-bond acceptors (Lipinski definition) is 6. The Balaban J connectivity index is 1.42. The van der Waals surface area contributed by atoms with Gasteiger partial charge in [0.1, 0.15) is 11.9 Å². The summed E-state index contributed by atoms with van der Waals surface area (Å²) in [6.07, 6.45) is 1.84. The monoisotopic (exact) mass is 475 g/mol. The highest BCUT2D eigenvalue weighted by molar-refractivity contribution is 9.10. The van der Waals surface area contributed by atoms with Crippen molar-refractivity contribution in [2.24, 2.45) is 0 Å². The minimum absolute atomic E-state index is 0.0936. The van der Waals surface area contributed by atoms with Crippen LogP contribution in [0.4, 0.5) is 5.82 Å². The van der Waals surface area contributed by atoms with Crippen molar-refractivity contribution in [1.29, 1.82) is 0 Å². The van der Waals surface area contributed by atoms with Crippen molar-refractivity contribution in [2.75, 3.05) is 31.1 Å². The van der Waals surface area contributed by atoms with E-state index in [0.29, 0.717) is 11.8 Å². The molecule has 31 heavy (non-hydrogen) atoms. The van der Waals surface area contributed by atoms with Gasteiger partial charge >= 0.3 is 0 Å². The summed E-state index contributed by atoms with van der Waals surface area (Å²) in [5.41, 5.74) is 2.06. The van der Waals surface area contributed by atoms with Crippen LogP contribution in [0.1, 0.15) is 17.5 Å². The highest BCUT2D eigenvalue weighted by atomic mass is 79.9. The third kappa shape index (κ3) is 4.38. The van der Waals surface area contributed by atoms with Crippen molar-refractivity contribution in [3.05, 3.63) is 94.9 Å². The molecule has 0 radical (unpaired) electrons. The number of piperazine rings is 1. The van der Waals surface area contributed by atoms with Crippen LogP contribution in [0.2, 0.25) is 0 Å². The van der Waals surface area contributed by atoms with Gasteiger partial charge in [0.05, 0.1) is 0 Å². The molecule has 0 N–H and O–H groups in total. The van der Waals surface area contributed by atoms with E-state index < -0.39 is 0 Å². The Hall–Kier alpha value is -3.03. The predicted octanol–water partition coefficient (Wildman–Crippen LogP) is 4.81. The van der Waals surface area contributed by atoms with E-state index in [0.717, 1.165) is 47.6 Å². The summed E-state index contributed by atoms with van der Waals surface area (Å²) in [7, 11) is 0. The van der Waals surface area contributed by atoms with Gasteiger partial charge in [-0.15, -0.1) is 10.2 Å². The molecule has 2 aromatic carbocycles. The number of halogens is 1. The zero-order valence-electron chi connectivity index (χ0n) is 16.9. The van der Waals surface area contributed by atoms with Crippen LogP contribution in [-0.4, -0.2) is 46.3 Å². The molecule has 2 aromatic heterocycles. The third-order valence-corrected chi connectivity index (χ3v) is 6.06. The highest BCUT2D eigenvalue weighted by Crippen LogP contribution is 2.32. The predicted molar refractivity (Wildman–Crippen MR) is 124 cm³/mol.